The highest BCUT2D eigenvalue weighted by Gasteiger charge is 2.42. The van der Waals surface area contributed by atoms with Gasteiger partial charge in [0.1, 0.15) is 4.88 Å². The largest absolute Gasteiger partial charge is 0.477 e. The number of nitrogens with zero attached hydrogens (tertiary/aromatic N) is 1. The van der Waals surface area contributed by atoms with Crippen LogP contribution in [0.3, 0.4) is 0 Å². The van der Waals surface area contributed by atoms with Gasteiger partial charge in [-0.3, -0.25) is 4.79 Å². The molecule has 2 N–H and O–H groups in total. The zero-order valence-corrected chi connectivity index (χ0v) is 24.7. The second kappa shape index (κ2) is 12.1. The van der Waals surface area contributed by atoms with E-state index in [1.165, 1.54) is 5.57 Å². The first-order valence-electron chi connectivity index (χ1n) is 14.2. The van der Waals surface area contributed by atoms with E-state index in [0.717, 1.165) is 24.2 Å². The van der Waals surface area contributed by atoms with E-state index in [1.807, 2.05) is 20.8 Å². The number of hydrogen-bond acceptors (Lipinski definition) is 6. The second-order valence-electron chi connectivity index (χ2n) is 12.7. The summed E-state index contributed by atoms with van der Waals surface area (Å²) in [6, 6.07) is 1.58. The number of allylic oxidation sites excluding steroid dienone is 2. The van der Waals surface area contributed by atoms with Gasteiger partial charge in [0.25, 0.3) is 0 Å². The van der Waals surface area contributed by atoms with Gasteiger partial charge in [0.05, 0.1) is 35.5 Å². The first-order chi connectivity index (χ1) is 18.3. The number of aliphatic hydroxyl groups is 1. The minimum absolute atomic E-state index is 0.0192. The lowest BCUT2D eigenvalue weighted by Gasteiger charge is -2.42. The first-order valence-corrected chi connectivity index (χ1v) is 15.0. The molecule has 1 saturated carbocycles. The molecule has 0 spiro atoms. The molecule has 8 heteroatoms. The van der Waals surface area contributed by atoms with Gasteiger partial charge in [-0.25, -0.2) is 4.79 Å². The topological polar surface area (TPSA) is 96.3 Å². The summed E-state index contributed by atoms with van der Waals surface area (Å²) >= 11 is 1.13. The molecule has 1 aromatic rings. The minimum Gasteiger partial charge on any atom is -0.477 e. The number of aromatic carboxylic acids is 1. The summed E-state index contributed by atoms with van der Waals surface area (Å²) in [6.07, 6.45) is 6.61. The Morgan fingerprint density at radius 1 is 1.26 bits per heavy atom. The van der Waals surface area contributed by atoms with Crippen LogP contribution in [0, 0.1) is 29.1 Å². The fraction of sp³-hybridized carbons (Fsp3) is 0.677. The highest BCUT2D eigenvalue weighted by molar-refractivity contribution is 7.15. The molecule has 1 unspecified atom stereocenters. The van der Waals surface area contributed by atoms with Crippen molar-refractivity contribution in [2.24, 2.45) is 17.3 Å². The molecule has 3 aliphatic rings. The van der Waals surface area contributed by atoms with Gasteiger partial charge in [-0.15, -0.1) is 11.3 Å². The van der Waals surface area contributed by atoms with Crippen molar-refractivity contribution in [2.45, 2.75) is 97.3 Å². The fourth-order valence-corrected chi connectivity index (χ4v) is 6.64. The maximum Gasteiger partial charge on any atom is 0.348 e. The average molecular weight is 558 g/mol. The summed E-state index contributed by atoms with van der Waals surface area (Å²) in [5.41, 5.74) is 0.531. The van der Waals surface area contributed by atoms with Gasteiger partial charge in [-0.05, 0) is 84.6 Å². The van der Waals surface area contributed by atoms with Crippen LogP contribution in [0.4, 0.5) is 5.69 Å². The van der Waals surface area contributed by atoms with Gasteiger partial charge >= 0.3 is 5.97 Å². The Labute approximate surface area is 236 Å². The summed E-state index contributed by atoms with van der Waals surface area (Å²) in [4.78, 5) is 29.2. The molecule has 0 bridgehead atoms. The minimum atomic E-state index is -1.05. The van der Waals surface area contributed by atoms with Crippen LogP contribution >= 0.6 is 11.3 Å². The van der Waals surface area contributed by atoms with Crippen molar-refractivity contribution in [1.29, 1.82) is 0 Å². The predicted molar refractivity (Wildman–Crippen MR) is 153 cm³/mol. The standard InChI is InChI=1S/C31H43NO6S/c1-20-6-7-25(21(2)16-20)28(33)32(26-17-24(10-12-30(3,4)5)39-27(26)29(34)35)22-8-13-31(36,14-9-22)19-38-23-11-15-37-18-23/h6,17,21-23,25,36H,7-9,11,13-16,18-19H2,1-5H3,(H,34,35)/t21-,22?,23-,25?,31?/m1/s1. The quantitative estimate of drug-likeness (QED) is 0.332. The highest BCUT2D eigenvalue weighted by atomic mass is 32.1. The third kappa shape index (κ3) is 7.52. The number of ether oxygens (including phenoxy) is 2. The predicted octanol–water partition coefficient (Wildman–Crippen LogP) is 5.65. The van der Waals surface area contributed by atoms with Crippen molar-refractivity contribution in [3.05, 3.63) is 27.5 Å². The lowest BCUT2D eigenvalue weighted by Crippen LogP contribution is -2.51. The molecule has 1 saturated heterocycles. The van der Waals surface area contributed by atoms with Gasteiger partial charge in [0, 0.05) is 24.0 Å². The molecule has 4 rings (SSSR count). The van der Waals surface area contributed by atoms with Crippen molar-refractivity contribution in [3.8, 4) is 11.8 Å². The number of amides is 1. The summed E-state index contributed by atoms with van der Waals surface area (Å²) in [5.74, 6) is 5.19. The molecule has 39 heavy (non-hydrogen) atoms. The van der Waals surface area contributed by atoms with Crippen molar-refractivity contribution < 1.29 is 29.3 Å². The zero-order chi connectivity index (χ0) is 28.4. The van der Waals surface area contributed by atoms with Crippen LogP contribution in [-0.4, -0.2) is 59.7 Å². The number of rotatable bonds is 7. The zero-order valence-electron chi connectivity index (χ0n) is 23.9. The van der Waals surface area contributed by atoms with Crippen LogP contribution in [0.1, 0.15) is 94.1 Å². The van der Waals surface area contributed by atoms with Crippen LogP contribution in [0.25, 0.3) is 0 Å². The number of thiophene rings is 1. The van der Waals surface area contributed by atoms with Gasteiger partial charge < -0.3 is 24.6 Å². The number of carboxylic acid groups (broad SMARTS) is 1. The number of hydrogen-bond donors (Lipinski definition) is 2. The normalized spacial score (nSPS) is 29.3. The fourth-order valence-electron chi connectivity index (χ4n) is 5.80. The Bertz CT molecular complexity index is 1140. The third-order valence-corrected chi connectivity index (χ3v) is 9.09. The molecule has 1 aromatic heterocycles. The maximum atomic E-state index is 14.2. The molecule has 0 radical (unpaired) electrons. The maximum absolute atomic E-state index is 14.2. The van der Waals surface area contributed by atoms with Crippen molar-refractivity contribution in [2.75, 3.05) is 24.7 Å². The third-order valence-electron chi connectivity index (χ3n) is 8.06. The number of carbonyl (C=O) groups is 2. The summed E-state index contributed by atoms with van der Waals surface area (Å²) < 4.78 is 11.3. The molecule has 1 aliphatic heterocycles. The number of anilines is 1. The molecule has 0 aromatic carbocycles. The monoisotopic (exact) mass is 557 g/mol. The Kier molecular flexibility index (Phi) is 9.27. The number of carbonyl (C=O) groups excluding carboxylic acids is 1. The van der Waals surface area contributed by atoms with Crippen molar-refractivity contribution in [3.63, 3.8) is 0 Å². The van der Waals surface area contributed by atoms with E-state index in [9.17, 15) is 19.8 Å². The molecule has 2 heterocycles. The van der Waals surface area contributed by atoms with Gasteiger partial charge in [0.15, 0.2) is 0 Å². The molecular weight excluding hydrogens is 514 g/mol. The van der Waals surface area contributed by atoms with E-state index in [2.05, 4.69) is 31.8 Å². The molecular formula is C31H43NO6S. The van der Waals surface area contributed by atoms with E-state index < -0.39 is 11.6 Å². The smallest absolute Gasteiger partial charge is 0.348 e. The number of carboxylic acids is 1. The van der Waals surface area contributed by atoms with Crippen LogP contribution in [-0.2, 0) is 14.3 Å². The highest BCUT2D eigenvalue weighted by Crippen LogP contribution is 2.41. The molecule has 3 atom stereocenters. The first kappa shape index (κ1) is 29.8. The van der Waals surface area contributed by atoms with Gasteiger partial charge in [-0.2, -0.15) is 0 Å². The summed E-state index contributed by atoms with van der Waals surface area (Å²) in [5, 5.41) is 21.4. The van der Waals surface area contributed by atoms with E-state index in [0.29, 0.717) is 55.9 Å². The van der Waals surface area contributed by atoms with Gasteiger partial charge in [0.2, 0.25) is 5.91 Å². The SMILES string of the molecule is CC1=CCC(C(=O)N(c2cc(C#CC(C)(C)C)sc2C(=O)O)C2CCC(O)(CO[C@@H]3CCOC3)CC2)[C@H](C)C1. The lowest BCUT2D eigenvalue weighted by atomic mass is 9.78. The summed E-state index contributed by atoms with van der Waals surface area (Å²) in [6.45, 7) is 11.7. The van der Waals surface area contributed by atoms with Crippen molar-refractivity contribution >= 4 is 28.9 Å². The van der Waals surface area contributed by atoms with Crippen LogP contribution in [0.2, 0.25) is 0 Å². The van der Waals surface area contributed by atoms with Crippen LogP contribution in [0.15, 0.2) is 17.7 Å². The second-order valence-corrected chi connectivity index (χ2v) is 13.7. The summed E-state index contributed by atoms with van der Waals surface area (Å²) in [7, 11) is 0. The van der Waals surface area contributed by atoms with Crippen LogP contribution < -0.4 is 4.90 Å². The van der Waals surface area contributed by atoms with Crippen LogP contribution in [0.5, 0.6) is 0 Å². The van der Waals surface area contributed by atoms with Gasteiger partial charge in [-0.1, -0.05) is 30.4 Å². The Morgan fingerprint density at radius 2 is 1.97 bits per heavy atom. The molecule has 1 amide bonds. The Morgan fingerprint density at radius 3 is 2.56 bits per heavy atom. The Balaban J connectivity index is 1.62. The average Bonchev–Trinajstić information content (AvgIpc) is 3.53. The van der Waals surface area contributed by atoms with E-state index in [4.69, 9.17) is 9.47 Å². The Hall–Kier alpha value is -2.18. The van der Waals surface area contributed by atoms with E-state index in [1.54, 1.807) is 11.0 Å². The molecule has 7 nitrogen and oxygen atoms in total. The van der Waals surface area contributed by atoms with E-state index in [-0.39, 0.29) is 46.8 Å². The molecule has 214 valence electrons. The lowest BCUT2D eigenvalue weighted by molar-refractivity contribution is -0.125. The molecule has 2 aliphatic carbocycles. The van der Waals surface area contributed by atoms with E-state index >= 15 is 0 Å². The molecule has 2 fully saturated rings. The van der Waals surface area contributed by atoms with Crippen molar-refractivity contribution in [1.82, 2.24) is 0 Å².